The SMILES string of the molecule is O=C(NCC#Cc1ccc2cn[nH]c2c1)c1cncn(Cc2ccc(F)c(F)c2)c1=O. The number of hydrogen-bond acceptors (Lipinski definition) is 4. The van der Waals surface area contributed by atoms with E-state index >= 15 is 0 Å². The molecule has 0 saturated carbocycles. The van der Waals surface area contributed by atoms with E-state index in [0.717, 1.165) is 39.4 Å². The van der Waals surface area contributed by atoms with Gasteiger partial charge in [0.1, 0.15) is 5.56 Å². The fourth-order valence-electron chi connectivity index (χ4n) is 2.93. The Bertz CT molecular complexity index is 1400. The van der Waals surface area contributed by atoms with Gasteiger partial charge in [-0.15, -0.1) is 0 Å². The number of rotatable bonds is 4. The maximum atomic E-state index is 13.4. The molecule has 0 atom stereocenters. The summed E-state index contributed by atoms with van der Waals surface area (Å²) in [6.45, 7) is -0.0304. The number of nitrogens with zero attached hydrogens (tertiary/aromatic N) is 3. The summed E-state index contributed by atoms with van der Waals surface area (Å²) < 4.78 is 27.6. The van der Waals surface area contributed by atoms with Crippen molar-refractivity contribution in [2.75, 3.05) is 6.54 Å². The molecule has 0 aliphatic heterocycles. The van der Waals surface area contributed by atoms with Crippen LogP contribution < -0.4 is 10.9 Å². The third-order valence-corrected chi connectivity index (χ3v) is 4.49. The van der Waals surface area contributed by atoms with Crippen LogP contribution in [0.3, 0.4) is 0 Å². The minimum atomic E-state index is -1.02. The van der Waals surface area contributed by atoms with Gasteiger partial charge in [-0.25, -0.2) is 13.8 Å². The van der Waals surface area contributed by atoms with Crippen molar-refractivity contribution < 1.29 is 13.6 Å². The topological polar surface area (TPSA) is 92.7 Å². The van der Waals surface area contributed by atoms with Gasteiger partial charge in [-0.05, 0) is 35.9 Å². The molecule has 1 amide bonds. The fourth-order valence-corrected chi connectivity index (χ4v) is 2.93. The van der Waals surface area contributed by atoms with E-state index in [9.17, 15) is 18.4 Å². The van der Waals surface area contributed by atoms with Gasteiger partial charge in [-0.3, -0.25) is 19.3 Å². The molecule has 2 aromatic heterocycles. The standard InChI is InChI=1S/C22H15F2N5O2/c23-18-6-4-15(8-19(18)24)12-29-13-25-11-17(22(29)31)21(30)26-7-1-2-14-3-5-16-10-27-28-20(16)9-14/h3-6,8-11,13H,7,12H2,(H,26,30)(H,27,28). The fraction of sp³-hybridized carbons (Fsp3) is 0.0909. The van der Waals surface area contributed by atoms with Crippen molar-refractivity contribution in [3.8, 4) is 11.8 Å². The molecule has 7 nitrogen and oxygen atoms in total. The molecule has 0 aliphatic carbocycles. The van der Waals surface area contributed by atoms with Crippen molar-refractivity contribution >= 4 is 16.8 Å². The first kappa shape index (κ1) is 20.0. The van der Waals surface area contributed by atoms with Crippen LogP contribution in [-0.2, 0) is 6.54 Å². The Hall–Kier alpha value is -4.32. The Balaban J connectivity index is 1.43. The molecular formula is C22H15F2N5O2. The van der Waals surface area contributed by atoms with E-state index in [1.54, 1.807) is 6.20 Å². The van der Waals surface area contributed by atoms with Crippen molar-refractivity contribution in [1.82, 2.24) is 25.1 Å². The van der Waals surface area contributed by atoms with E-state index < -0.39 is 23.1 Å². The first-order valence-electron chi connectivity index (χ1n) is 9.20. The van der Waals surface area contributed by atoms with Crippen LogP contribution in [-0.4, -0.2) is 32.2 Å². The van der Waals surface area contributed by atoms with E-state index in [1.807, 2.05) is 18.2 Å². The van der Waals surface area contributed by atoms with Crippen LogP contribution in [0.5, 0.6) is 0 Å². The lowest BCUT2D eigenvalue weighted by molar-refractivity contribution is 0.0956. The van der Waals surface area contributed by atoms with Crippen molar-refractivity contribution in [2.45, 2.75) is 6.54 Å². The van der Waals surface area contributed by atoms with Gasteiger partial charge in [-0.2, -0.15) is 5.10 Å². The number of carbonyl (C=O) groups excluding carboxylic acids is 1. The first-order valence-corrected chi connectivity index (χ1v) is 9.20. The van der Waals surface area contributed by atoms with Gasteiger partial charge < -0.3 is 5.32 Å². The average molecular weight is 419 g/mol. The summed E-state index contributed by atoms with van der Waals surface area (Å²) in [6.07, 6.45) is 4.09. The summed E-state index contributed by atoms with van der Waals surface area (Å²) in [5.74, 6) is 3.12. The van der Waals surface area contributed by atoms with E-state index in [0.29, 0.717) is 5.56 Å². The number of halogens is 2. The van der Waals surface area contributed by atoms with E-state index in [4.69, 9.17) is 0 Å². The monoisotopic (exact) mass is 419 g/mol. The predicted molar refractivity (Wildman–Crippen MR) is 109 cm³/mol. The van der Waals surface area contributed by atoms with Gasteiger partial charge in [0.15, 0.2) is 11.6 Å². The Morgan fingerprint density at radius 2 is 2.00 bits per heavy atom. The number of H-pyrrole nitrogens is 1. The van der Waals surface area contributed by atoms with Gasteiger partial charge in [0.05, 0.1) is 31.1 Å². The summed E-state index contributed by atoms with van der Waals surface area (Å²) in [5, 5.41) is 10.3. The second kappa shape index (κ2) is 8.59. The third kappa shape index (κ3) is 4.48. The third-order valence-electron chi connectivity index (χ3n) is 4.49. The number of carbonyl (C=O) groups is 1. The summed E-state index contributed by atoms with van der Waals surface area (Å²) in [6, 6.07) is 8.88. The minimum absolute atomic E-state index is 0.0252. The number of nitrogens with one attached hydrogen (secondary N) is 2. The van der Waals surface area contributed by atoms with Crippen LogP contribution in [0, 0.1) is 23.5 Å². The lowest BCUT2D eigenvalue weighted by Crippen LogP contribution is -2.33. The van der Waals surface area contributed by atoms with Crippen molar-refractivity contribution in [2.24, 2.45) is 0 Å². The Morgan fingerprint density at radius 3 is 2.84 bits per heavy atom. The number of benzene rings is 2. The average Bonchev–Trinajstić information content (AvgIpc) is 3.23. The maximum Gasteiger partial charge on any atom is 0.266 e. The van der Waals surface area contributed by atoms with Crippen LogP contribution in [0.25, 0.3) is 10.9 Å². The molecule has 9 heteroatoms. The van der Waals surface area contributed by atoms with Gasteiger partial charge in [-0.1, -0.05) is 17.9 Å². The molecule has 2 heterocycles. The van der Waals surface area contributed by atoms with Crippen LogP contribution in [0.1, 0.15) is 21.5 Å². The van der Waals surface area contributed by atoms with Crippen molar-refractivity contribution in [1.29, 1.82) is 0 Å². The molecule has 4 rings (SSSR count). The van der Waals surface area contributed by atoms with E-state index in [-0.39, 0.29) is 18.7 Å². The zero-order chi connectivity index (χ0) is 21.8. The predicted octanol–water partition coefficient (Wildman–Crippen LogP) is 2.23. The van der Waals surface area contributed by atoms with Gasteiger partial charge in [0.2, 0.25) is 0 Å². The highest BCUT2D eigenvalue weighted by Gasteiger charge is 2.13. The lowest BCUT2D eigenvalue weighted by atomic mass is 10.2. The number of amides is 1. The summed E-state index contributed by atoms with van der Waals surface area (Å²) >= 11 is 0. The Kier molecular flexibility index (Phi) is 5.53. The number of aromatic nitrogens is 4. The maximum absolute atomic E-state index is 13.4. The summed E-state index contributed by atoms with van der Waals surface area (Å²) in [4.78, 5) is 28.8. The summed E-state index contributed by atoms with van der Waals surface area (Å²) in [7, 11) is 0. The van der Waals surface area contributed by atoms with Crippen LogP contribution in [0.15, 0.2) is 59.9 Å². The van der Waals surface area contributed by atoms with Gasteiger partial charge in [0.25, 0.3) is 11.5 Å². The Labute approximate surface area is 174 Å². The Morgan fingerprint density at radius 1 is 1.13 bits per heavy atom. The zero-order valence-electron chi connectivity index (χ0n) is 16.0. The van der Waals surface area contributed by atoms with E-state index in [1.165, 1.54) is 12.4 Å². The summed E-state index contributed by atoms with van der Waals surface area (Å²) in [5.41, 5.74) is 1.19. The number of hydrogen-bond donors (Lipinski definition) is 2. The van der Waals surface area contributed by atoms with Gasteiger partial charge in [0, 0.05) is 17.1 Å². The molecule has 31 heavy (non-hydrogen) atoms. The molecule has 0 bridgehead atoms. The van der Waals surface area contributed by atoms with E-state index in [2.05, 4.69) is 32.3 Å². The molecular weight excluding hydrogens is 404 g/mol. The van der Waals surface area contributed by atoms with Crippen LogP contribution in [0.2, 0.25) is 0 Å². The second-order valence-electron chi connectivity index (χ2n) is 6.65. The highest BCUT2D eigenvalue weighted by molar-refractivity contribution is 5.93. The zero-order valence-corrected chi connectivity index (χ0v) is 16.0. The highest BCUT2D eigenvalue weighted by atomic mass is 19.2. The number of fused-ring (bicyclic) bond motifs is 1. The minimum Gasteiger partial charge on any atom is -0.341 e. The van der Waals surface area contributed by atoms with Crippen molar-refractivity contribution in [3.05, 3.63) is 93.8 Å². The molecule has 0 unspecified atom stereocenters. The normalized spacial score (nSPS) is 10.5. The lowest BCUT2D eigenvalue weighted by Gasteiger charge is -2.08. The second-order valence-corrected chi connectivity index (χ2v) is 6.65. The highest BCUT2D eigenvalue weighted by Crippen LogP contribution is 2.12. The smallest absolute Gasteiger partial charge is 0.266 e. The molecule has 0 aliphatic rings. The number of aromatic amines is 1. The molecule has 0 saturated heterocycles. The largest absolute Gasteiger partial charge is 0.341 e. The van der Waals surface area contributed by atoms with Gasteiger partial charge >= 0.3 is 0 Å². The molecule has 2 N–H and O–H groups in total. The quantitative estimate of drug-likeness (QED) is 0.496. The first-order chi connectivity index (χ1) is 15.0. The van der Waals surface area contributed by atoms with Crippen LogP contribution in [0.4, 0.5) is 8.78 Å². The molecule has 154 valence electrons. The van der Waals surface area contributed by atoms with Crippen molar-refractivity contribution in [3.63, 3.8) is 0 Å². The molecule has 2 aromatic carbocycles. The molecule has 0 fully saturated rings. The molecule has 0 radical (unpaired) electrons. The molecule has 0 spiro atoms. The van der Waals surface area contributed by atoms with Crippen LogP contribution >= 0.6 is 0 Å². The molecule has 4 aromatic rings.